The highest BCUT2D eigenvalue weighted by molar-refractivity contribution is 7.47. The van der Waals surface area contributed by atoms with Crippen molar-refractivity contribution in [1.82, 2.24) is 0 Å². The Labute approximate surface area is 289 Å². The van der Waals surface area contributed by atoms with E-state index in [1.165, 1.54) is 103 Å². The minimum Gasteiger partial charge on any atom is -0.462 e. The number of ether oxygens (including phenoxy) is 2. The summed E-state index contributed by atoms with van der Waals surface area (Å²) >= 11 is 0. The van der Waals surface area contributed by atoms with Crippen molar-refractivity contribution in [3.8, 4) is 0 Å². The van der Waals surface area contributed by atoms with Crippen LogP contribution in [0.3, 0.4) is 0 Å². The first-order valence-electron chi connectivity index (χ1n) is 19.5. The van der Waals surface area contributed by atoms with Gasteiger partial charge >= 0.3 is 19.8 Å². The Morgan fingerprint density at radius 1 is 0.553 bits per heavy atom. The van der Waals surface area contributed by atoms with Crippen molar-refractivity contribution in [2.24, 2.45) is 0 Å². The molecular formula is C38H73O8P. The molecule has 47 heavy (non-hydrogen) atoms. The fourth-order valence-electron chi connectivity index (χ4n) is 5.45. The van der Waals surface area contributed by atoms with Gasteiger partial charge in [0, 0.05) is 12.8 Å². The van der Waals surface area contributed by atoms with Crippen molar-refractivity contribution in [3.05, 3.63) is 12.2 Å². The zero-order chi connectivity index (χ0) is 34.7. The highest BCUT2D eigenvalue weighted by atomic mass is 31.2. The van der Waals surface area contributed by atoms with Crippen LogP contribution in [0.15, 0.2) is 12.2 Å². The van der Waals surface area contributed by atoms with Crippen molar-refractivity contribution < 1.29 is 37.6 Å². The molecule has 0 heterocycles. The quantitative estimate of drug-likeness (QED) is 0.0300. The molecule has 0 rings (SSSR count). The van der Waals surface area contributed by atoms with Gasteiger partial charge in [0.2, 0.25) is 0 Å². The Kier molecular flexibility index (Phi) is 33.8. The maximum atomic E-state index is 12.5. The van der Waals surface area contributed by atoms with Gasteiger partial charge < -0.3 is 14.4 Å². The molecule has 0 aromatic carbocycles. The van der Waals surface area contributed by atoms with Crippen LogP contribution in [-0.4, -0.2) is 42.8 Å². The van der Waals surface area contributed by atoms with Gasteiger partial charge in [-0.3, -0.25) is 18.6 Å². The van der Waals surface area contributed by atoms with Gasteiger partial charge in [0.05, 0.1) is 13.2 Å². The lowest BCUT2D eigenvalue weighted by Crippen LogP contribution is -2.29. The second-order valence-electron chi connectivity index (χ2n) is 13.0. The van der Waals surface area contributed by atoms with E-state index >= 15 is 0 Å². The maximum Gasteiger partial charge on any atom is 0.472 e. The molecule has 0 bridgehead atoms. The summed E-state index contributed by atoms with van der Waals surface area (Å²) in [6, 6.07) is 0. The van der Waals surface area contributed by atoms with Crippen molar-refractivity contribution in [3.63, 3.8) is 0 Å². The number of phosphoric acid groups is 1. The molecule has 278 valence electrons. The van der Waals surface area contributed by atoms with Crippen molar-refractivity contribution >= 4 is 19.8 Å². The maximum absolute atomic E-state index is 12.5. The second-order valence-corrected chi connectivity index (χ2v) is 14.4. The third-order valence-electron chi connectivity index (χ3n) is 8.32. The molecule has 2 unspecified atom stereocenters. The molecule has 0 saturated heterocycles. The van der Waals surface area contributed by atoms with E-state index in [-0.39, 0.29) is 25.6 Å². The van der Waals surface area contributed by atoms with Crippen LogP contribution in [0.5, 0.6) is 0 Å². The average molecular weight is 689 g/mol. The summed E-state index contributed by atoms with van der Waals surface area (Å²) in [5.41, 5.74) is 0. The monoisotopic (exact) mass is 689 g/mol. The van der Waals surface area contributed by atoms with E-state index in [4.69, 9.17) is 18.5 Å². The van der Waals surface area contributed by atoms with Gasteiger partial charge in [0.15, 0.2) is 6.10 Å². The summed E-state index contributed by atoms with van der Waals surface area (Å²) in [4.78, 5) is 34.6. The molecule has 9 heteroatoms. The minimum absolute atomic E-state index is 0.00173. The fraction of sp³-hybridized carbons (Fsp3) is 0.895. The molecule has 0 spiro atoms. The summed E-state index contributed by atoms with van der Waals surface area (Å²) in [6.07, 6.45) is 34.0. The molecule has 0 fully saturated rings. The van der Waals surface area contributed by atoms with Gasteiger partial charge in [0.1, 0.15) is 6.61 Å². The van der Waals surface area contributed by atoms with E-state index < -0.39 is 26.5 Å². The van der Waals surface area contributed by atoms with Gasteiger partial charge in [-0.05, 0) is 45.4 Å². The van der Waals surface area contributed by atoms with Crippen LogP contribution in [-0.2, 0) is 32.7 Å². The zero-order valence-electron chi connectivity index (χ0n) is 30.7. The predicted molar refractivity (Wildman–Crippen MR) is 193 cm³/mol. The number of phosphoric ester groups is 1. The average Bonchev–Trinajstić information content (AvgIpc) is 3.04. The normalized spacial score (nSPS) is 13.5. The van der Waals surface area contributed by atoms with E-state index in [9.17, 15) is 19.0 Å². The van der Waals surface area contributed by atoms with Gasteiger partial charge in [-0.25, -0.2) is 4.57 Å². The predicted octanol–water partition coefficient (Wildman–Crippen LogP) is 11.7. The van der Waals surface area contributed by atoms with Crippen LogP contribution in [0.25, 0.3) is 0 Å². The number of carbonyl (C=O) groups excluding carboxylic acids is 2. The molecule has 0 aliphatic carbocycles. The van der Waals surface area contributed by atoms with Crippen LogP contribution >= 0.6 is 7.82 Å². The number of allylic oxidation sites excluding steroid dienone is 2. The minimum atomic E-state index is -4.27. The summed E-state index contributed by atoms with van der Waals surface area (Å²) in [5, 5.41) is 0. The number of carbonyl (C=O) groups is 2. The van der Waals surface area contributed by atoms with Crippen LogP contribution in [0.4, 0.5) is 0 Å². The van der Waals surface area contributed by atoms with Crippen molar-refractivity contribution in [2.75, 3.05) is 19.8 Å². The fourth-order valence-corrected chi connectivity index (χ4v) is 6.20. The molecule has 0 amide bonds. The first-order chi connectivity index (χ1) is 22.8. The topological polar surface area (TPSA) is 108 Å². The van der Waals surface area contributed by atoms with E-state index in [1.54, 1.807) is 6.92 Å². The van der Waals surface area contributed by atoms with Crippen LogP contribution < -0.4 is 0 Å². The van der Waals surface area contributed by atoms with Gasteiger partial charge in [-0.15, -0.1) is 0 Å². The molecule has 0 radical (unpaired) electrons. The first-order valence-corrected chi connectivity index (χ1v) is 21.0. The van der Waals surface area contributed by atoms with Crippen molar-refractivity contribution in [1.29, 1.82) is 0 Å². The number of esters is 2. The summed E-state index contributed by atoms with van der Waals surface area (Å²) in [6.45, 7) is 5.45. The van der Waals surface area contributed by atoms with E-state index in [0.717, 1.165) is 51.4 Å². The molecule has 0 aliphatic rings. The highest BCUT2D eigenvalue weighted by Crippen LogP contribution is 2.43. The third-order valence-corrected chi connectivity index (χ3v) is 9.38. The molecule has 0 aromatic rings. The Morgan fingerprint density at radius 3 is 1.43 bits per heavy atom. The first kappa shape index (κ1) is 45.8. The molecular weight excluding hydrogens is 615 g/mol. The highest BCUT2D eigenvalue weighted by Gasteiger charge is 2.25. The van der Waals surface area contributed by atoms with Gasteiger partial charge in [-0.1, -0.05) is 148 Å². The lowest BCUT2D eigenvalue weighted by atomic mass is 10.0. The Hall–Kier alpha value is -1.21. The van der Waals surface area contributed by atoms with Gasteiger partial charge in [-0.2, -0.15) is 0 Å². The smallest absolute Gasteiger partial charge is 0.462 e. The largest absolute Gasteiger partial charge is 0.472 e. The lowest BCUT2D eigenvalue weighted by Gasteiger charge is -2.19. The molecule has 2 atom stereocenters. The second kappa shape index (κ2) is 34.6. The molecule has 0 aliphatic heterocycles. The van der Waals surface area contributed by atoms with Crippen molar-refractivity contribution in [2.45, 2.75) is 200 Å². The van der Waals surface area contributed by atoms with E-state index in [1.807, 2.05) is 0 Å². The Morgan fingerprint density at radius 2 is 0.957 bits per heavy atom. The van der Waals surface area contributed by atoms with Gasteiger partial charge in [0.25, 0.3) is 0 Å². The number of unbranched alkanes of at least 4 members (excludes halogenated alkanes) is 22. The van der Waals surface area contributed by atoms with Crippen LogP contribution in [0, 0.1) is 0 Å². The number of rotatable bonds is 36. The zero-order valence-corrected chi connectivity index (χ0v) is 31.6. The summed E-state index contributed by atoms with van der Waals surface area (Å²) in [7, 11) is -4.27. The Bertz CT molecular complexity index is 788. The molecule has 0 aromatic heterocycles. The number of hydrogen-bond donors (Lipinski definition) is 1. The summed E-state index contributed by atoms with van der Waals surface area (Å²) < 4.78 is 32.5. The van der Waals surface area contributed by atoms with Crippen LogP contribution in [0.1, 0.15) is 194 Å². The molecule has 1 N–H and O–H groups in total. The van der Waals surface area contributed by atoms with E-state index in [2.05, 4.69) is 26.0 Å². The summed E-state index contributed by atoms with van der Waals surface area (Å²) in [5.74, 6) is -0.801. The molecule has 0 saturated carbocycles. The lowest BCUT2D eigenvalue weighted by molar-refractivity contribution is -0.161. The number of hydrogen-bond acceptors (Lipinski definition) is 7. The Balaban J connectivity index is 4.13. The van der Waals surface area contributed by atoms with Crippen LogP contribution in [0.2, 0.25) is 0 Å². The molecule has 8 nitrogen and oxygen atoms in total. The van der Waals surface area contributed by atoms with E-state index in [0.29, 0.717) is 12.8 Å². The third kappa shape index (κ3) is 34.5. The SMILES string of the molecule is CCCCCC/C=C\CCCCCCCC(=O)OC(COC(=O)CCCCCCCCCCCCCCCC)COP(=O)(O)OCC. The standard InChI is InChI=1S/C38H73O8P/c1-4-7-9-11-13-15-17-19-21-22-24-26-28-30-32-37(39)43-34-36(35-45-47(41,42)44-6-3)46-38(40)33-31-29-27-25-23-20-18-16-14-12-10-8-5-2/h16,18,36H,4-15,17,19-35H2,1-3H3,(H,41,42)/b18-16-.